The van der Waals surface area contributed by atoms with Crippen molar-refractivity contribution in [3.63, 3.8) is 0 Å². The summed E-state index contributed by atoms with van der Waals surface area (Å²) in [4.78, 5) is 6.75. The van der Waals surface area contributed by atoms with Gasteiger partial charge in [0.25, 0.3) is 0 Å². The summed E-state index contributed by atoms with van der Waals surface area (Å²) in [5, 5.41) is 1.18. The van der Waals surface area contributed by atoms with Crippen molar-refractivity contribution in [1.29, 1.82) is 0 Å². The highest BCUT2D eigenvalue weighted by Crippen LogP contribution is 2.25. The molecule has 0 spiro atoms. The van der Waals surface area contributed by atoms with E-state index >= 15 is 0 Å². The van der Waals surface area contributed by atoms with Crippen LogP contribution in [0.1, 0.15) is 32.4 Å². The smallest absolute Gasteiger partial charge is 0.0702 e. The number of pyridine rings is 1. The molecule has 0 radical (unpaired) electrons. The molecule has 2 rings (SSSR count). The first-order chi connectivity index (χ1) is 9.54. The van der Waals surface area contributed by atoms with Crippen LogP contribution >= 0.6 is 0 Å². The summed E-state index contributed by atoms with van der Waals surface area (Å²) in [5.74, 6) is 0.608. The average molecular weight is 271 g/mol. The van der Waals surface area contributed by atoms with E-state index in [2.05, 4.69) is 62.0 Å². The molecule has 20 heavy (non-hydrogen) atoms. The Bertz CT molecular complexity index is 565. The maximum absolute atomic E-state index is 6.03. The van der Waals surface area contributed by atoms with Gasteiger partial charge in [-0.1, -0.05) is 26.0 Å². The van der Waals surface area contributed by atoms with Gasteiger partial charge in [0, 0.05) is 30.2 Å². The fourth-order valence-corrected chi connectivity index (χ4v) is 2.59. The average Bonchev–Trinajstić information content (AvgIpc) is 2.46. The fourth-order valence-electron chi connectivity index (χ4n) is 2.59. The van der Waals surface area contributed by atoms with Gasteiger partial charge in [-0.3, -0.25) is 9.88 Å². The standard InChI is InChI=1S/C17H25N3/c1-12(2)13(3)20(4)17(11-18)15-7-8-16-14(10-15)6-5-9-19-16/h5-10,12-13,17H,11,18H2,1-4H3. The highest BCUT2D eigenvalue weighted by atomic mass is 15.2. The zero-order chi connectivity index (χ0) is 14.7. The van der Waals surface area contributed by atoms with E-state index in [4.69, 9.17) is 5.73 Å². The van der Waals surface area contributed by atoms with Gasteiger partial charge >= 0.3 is 0 Å². The van der Waals surface area contributed by atoms with Gasteiger partial charge in [0.1, 0.15) is 0 Å². The quantitative estimate of drug-likeness (QED) is 0.908. The third-order valence-electron chi connectivity index (χ3n) is 4.33. The lowest BCUT2D eigenvalue weighted by molar-refractivity contribution is 0.152. The Balaban J connectivity index is 2.33. The molecular formula is C17H25N3. The second kappa shape index (κ2) is 6.33. The number of hydrogen-bond donors (Lipinski definition) is 1. The first kappa shape index (κ1) is 14.9. The van der Waals surface area contributed by atoms with Gasteiger partial charge in [-0.05, 0) is 43.7 Å². The fraction of sp³-hybridized carbons (Fsp3) is 0.471. The summed E-state index contributed by atoms with van der Waals surface area (Å²) >= 11 is 0. The van der Waals surface area contributed by atoms with E-state index in [9.17, 15) is 0 Å². The number of fused-ring (bicyclic) bond motifs is 1. The summed E-state index contributed by atoms with van der Waals surface area (Å²) in [6.07, 6.45) is 1.83. The molecule has 0 fully saturated rings. The number of nitrogens with two attached hydrogens (primary N) is 1. The molecule has 0 bridgehead atoms. The van der Waals surface area contributed by atoms with E-state index < -0.39 is 0 Å². The number of rotatable bonds is 5. The number of aromatic nitrogens is 1. The second-order valence-corrected chi connectivity index (χ2v) is 5.86. The molecule has 2 atom stereocenters. The van der Waals surface area contributed by atoms with Crippen LogP contribution < -0.4 is 5.73 Å². The van der Waals surface area contributed by atoms with E-state index in [1.807, 2.05) is 12.3 Å². The van der Waals surface area contributed by atoms with Crippen molar-refractivity contribution in [2.24, 2.45) is 11.7 Å². The van der Waals surface area contributed by atoms with Crippen molar-refractivity contribution >= 4 is 10.9 Å². The molecule has 2 aromatic rings. The van der Waals surface area contributed by atoms with Crippen LogP contribution in [0.4, 0.5) is 0 Å². The highest BCUT2D eigenvalue weighted by Gasteiger charge is 2.22. The minimum atomic E-state index is 0.247. The molecule has 3 nitrogen and oxygen atoms in total. The van der Waals surface area contributed by atoms with Crippen molar-refractivity contribution < 1.29 is 0 Å². The summed E-state index contributed by atoms with van der Waals surface area (Å²) in [7, 11) is 2.16. The molecule has 1 aromatic heterocycles. The Labute approximate surface area is 121 Å². The van der Waals surface area contributed by atoms with Gasteiger partial charge in [-0.15, -0.1) is 0 Å². The zero-order valence-corrected chi connectivity index (χ0v) is 12.9. The SMILES string of the molecule is CC(C)C(C)N(C)C(CN)c1ccc2ncccc2c1. The number of benzene rings is 1. The molecule has 0 saturated heterocycles. The summed E-state index contributed by atoms with van der Waals surface area (Å²) < 4.78 is 0. The van der Waals surface area contributed by atoms with Crippen LogP contribution in [0.15, 0.2) is 36.5 Å². The maximum Gasteiger partial charge on any atom is 0.0702 e. The molecule has 0 aliphatic rings. The molecular weight excluding hydrogens is 246 g/mol. The largest absolute Gasteiger partial charge is 0.329 e. The van der Waals surface area contributed by atoms with Crippen LogP contribution in [-0.4, -0.2) is 29.5 Å². The van der Waals surface area contributed by atoms with Crippen molar-refractivity contribution in [2.45, 2.75) is 32.9 Å². The minimum Gasteiger partial charge on any atom is -0.329 e. The molecule has 0 aliphatic heterocycles. The first-order valence-electron chi connectivity index (χ1n) is 7.31. The molecule has 1 heterocycles. The van der Waals surface area contributed by atoms with E-state index in [1.165, 1.54) is 10.9 Å². The van der Waals surface area contributed by atoms with Gasteiger partial charge in [0.2, 0.25) is 0 Å². The lowest BCUT2D eigenvalue weighted by Crippen LogP contribution is -2.39. The Morgan fingerprint density at radius 1 is 1.20 bits per heavy atom. The molecule has 2 N–H and O–H groups in total. The number of likely N-dealkylation sites (N-methyl/N-ethyl adjacent to an activating group) is 1. The van der Waals surface area contributed by atoms with Gasteiger partial charge in [-0.2, -0.15) is 0 Å². The van der Waals surface area contributed by atoms with E-state index in [0.29, 0.717) is 18.5 Å². The first-order valence-corrected chi connectivity index (χ1v) is 7.31. The Morgan fingerprint density at radius 2 is 1.95 bits per heavy atom. The van der Waals surface area contributed by atoms with E-state index in [-0.39, 0.29) is 6.04 Å². The lowest BCUT2D eigenvalue weighted by Gasteiger charge is -2.35. The third-order valence-corrected chi connectivity index (χ3v) is 4.33. The molecule has 0 aliphatic carbocycles. The van der Waals surface area contributed by atoms with Crippen LogP contribution in [0.25, 0.3) is 10.9 Å². The van der Waals surface area contributed by atoms with Crippen molar-refractivity contribution in [3.05, 3.63) is 42.1 Å². The summed E-state index contributed by atoms with van der Waals surface area (Å²) in [5.41, 5.74) is 8.33. The van der Waals surface area contributed by atoms with Gasteiger partial charge in [-0.25, -0.2) is 0 Å². The van der Waals surface area contributed by atoms with Crippen molar-refractivity contribution in [3.8, 4) is 0 Å². The summed E-state index contributed by atoms with van der Waals surface area (Å²) in [6, 6.07) is 11.3. The van der Waals surface area contributed by atoms with Gasteiger partial charge < -0.3 is 5.73 Å². The zero-order valence-electron chi connectivity index (χ0n) is 12.9. The summed E-state index contributed by atoms with van der Waals surface area (Å²) in [6.45, 7) is 7.38. The maximum atomic E-state index is 6.03. The van der Waals surface area contributed by atoms with Crippen LogP contribution in [0.3, 0.4) is 0 Å². The predicted molar refractivity (Wildman–Crippen MR) is 85.6 cm³/mol. The van der Waals surface area contributed by atoms with Crippen molar-refractivity contribution in [1.82, 2.24) is 9.88 Å². The molecule has 0 amide bonds. The minimum absolute atomic E-state index is 0.247. The molecule has 1 aromatic carbocycles. The topological polar surface area (TPSA) is 42.1 Å². The van der Waals surface area contributed by atoms with Crippen LogP contribution in [0, 0.1) is 5.92 Å². The molecule has 3 heteroatoms. The Morgan fingerprint density at radius 3 is 2.60 bits per heavy atom. The second-order valence-electron chi connectivity index (χ2n) is 5.86. The van der Waals surface area contributed by atoms with Gasteiger partial charge in [0.05, 0.1) is 5.52 Å². The predicted octanol–water partition coefficient (Wildman–Crippen LogP) is 3.21. The van der Waals surface area contributed by atoms with Crippen LogP contribution in [-0.2, 0) is 0 Å². The van der Waals surface area contributed by atoms with Crippen LogP contribution in [0.5, 0.6) is 0 Å². The third kappa shape index (κ3) is 3.00. The molecule has 2 unspecified atom stereocenters. The van der Waals surface area contributed by atoms with Gasteiger partial charge in [0.15, 0.2) is 0 Å². The number of hydrogen-bond acceptors (Lipinski definition) is 3. The molecule has 0 saturated carbocycles. The lowest BCUT2D eigenvalue weighted by atomic mass is 9.98. The number of nitrogens with zero attached hydrogens (tertiary/aromatic N) is 2. The monoisotopic (exact) mass is 271 g/mol. The normalized spacial score (nSPS) is 14.9. The highest BCUT2D eigenvalue weighted by molar-refractivity contribution is 5.79. The Hall–Kier alpha value is -1.45. The van der Waals surface area contributed by atoms with Crippen molar-refractivity contribution in [2.75, 3.05) is 13.6 Å². The Kier molecular flexibility index (Phi) is 4.73. The van der Waals surface area contributed by atoms with E-state index in [0.717, 1.165) is 5.52 Å². The molecule has 108 valence electrons. The van der Waals surface area contributed by atoms with Crippen LogP contribution in [0.2, 0.25) is 0 Å². The van der Waals surface area contributed by atoms with E-state index in [1.54, 1.807) is 0 Å².